The second kappa shape index (κ2) is 6.01. The first kappa shape index (κ1) is 15.1. The summed E-state index contributed by atoms with van der Waals surface area (Å²) in [4.78, 5) is 2.09. The number of nitrogens with one attached hydrogen (secondary N) is 1. The average molecular weight is 297 g/mol. The molecule has 2 rings (SSSR count). The minimum atomic E-state index is -3.33. The number of hydrogen-bond donors (Lipinski definition) is 1. The number of para-hydroxylation sites is 2. The Kier molecular flexibility index (Phi) is 4.55. The van der Waals surface area contributed by atoms with Crippen LogP contribution in [0.5, 0.6) is 0 Å². The first-order valence-electron chi connectivity index (χ1n) is 7.01. The average Bonchev–Trinajstić information content (AvgIpc) is 2.45. The molecule has 1 unspecified atom stereocenters. The van der Waals surface area contributed by atoms with Gasteiger partial charge in [0.1, 0.15) is 0 Å². The zero-order chi connectivity index (χ0) is 14.8. The minimum Gasteiger partial charge on any atom is -0.371 e. The lowest BCUT2D eigenvalue weighted by atomic mass is 10.2. The van der Waals surface area contributed by atoms with E-state index >= 15 is 0 Å². The van der Waals surface area contributed by atoms with E-state index in [1.807, 2.05) is 38.2 Å². The van der Waals surface area contributed by atoms with E-state index in [9.17, 15) is 8.42 Å². The van der Waals surface area contributed by atoms with E-state index in [0.29, 0.717) is 19.6 Å². The van der Waals surface area contributed by atoms with Crippen molar-refractivity contribution in [1.82, 2.24) is 5.32 Å². The van der Waals surface area contributed by atoms with Crippen molar-refractivity contribution in [2.45, 2.75) is 19.1 Å². The highest BCUT2D eigenvalue weighted by Gasteiger charge is 2.33. The maximum absolute atomic E-state index is 12.7. The monoisotopic (exact) mass is 297 g/mol. The van der Waals surface area contributed by atoms with Gasteiger partial charge in [-0.2, -0.15) is 0 Å². The van der Waals surface area contributed by atoms with Gasteiger partial charge in [0.2, 0.25) is 10.0 Å². The van der Waals surface area contributed by atoms with Crippen LogP contribution < -0.4 is 14.5 Å². The van der Waals surface area contributed by atoms with Crippen LogP contribution in [0.25, 0.3) is 0 Å². The molecule has 5 nitrogen and oxygen atoms in total. The molecule has 0 aromatic heterocycles. The number of likely N-dealkylation sites (N-methyl/N-ethyl adjacent to an activating group) is 1. The van der Waals surface area contributed by atoms with E-state index in [4.69, 9.17) is 0 Å². The second-order valence-electron chi connectivity index (χ2n) is 5.15. The van der Waals surface area contributed by atoms with Crippen LogP contribution in [0, 0.1) is 0 Å². The van der Waals surface area contributed by atoms with Gasteiger partial charge in [-0.25, -0.2) is 8.42 Å². The summed E-state index contributed by atoms with van der Waals surface area (Å²) in [5.74, 6) is 0. The zero-order valence-corrected chi connectivity index (χ0v) is 13.2. The minimum absolute atomic E-state index is 0.432. The second-order valence-corrected chi connectivity index (χ2v) is 7.42. The molecule has 6 heteroatoms. The third-order valence-corrected chi connectivity index (χ3v) is 5.87. The molecule has 1 aromatic carbocycles. The molecule has 112 valence electrons. The highest BCUT2D eigenvalue weighted by molar-refractivity contribution is 7.93. The lowest BCUT2D eigenvalue weighted by Crippen LogP contribution is -2.47. The SMILES string of the molecule is CCNCC(C)S(=O)(=O)N1CCN(C)c2ccccc21. The number of anilines is 2. The zero-order valence-electron chi connectivity index (χ0n) is 12.3. The molecule has 1 heterocycles. The Morgan fingerprint density at radius 3 is 2.55 bits per heavy atom. The van der Waals surface area contributed by atoms with Crippen molar-refractivity contribution in [1.29, 1.82) is 0 Å². The molecule has 1 aromatic rings. The molecule has 1 atom stereocenters. The van der Waals surface area contributed by atoms with Gasteiger partial charge in [-0.15, -0.1) is 0 Å². The summed E-state index contributed by atoms with van der Waals surface area (Å²) in [6, 6.07) is 7.66. The standard InChI is InChI=1S/C14H23N3O2S/c1-4-15-11-12(2)20(18,19)17-10-9-16(3)13-7-5-6-8-14(13)17/h5-8,12,15H,4,9-11H2,1-3H3. The van der Waals surface area contributed by atoms with Crippen LogP contribution in [-0.2, 0) is 10.0 Å². The molecule has 0 aliphatic carbocycles. The van der Waals surface area contributed by atoms with E-state index in [1.54, 1.807) is 11.2 Å². The Hall–Kier alpha value is -1.27. The Labute approximate surface area is 121 Å². The lowest BCUT2D eigenvalue weighted by Gasteiger charge is -2.37. The van der Waals surface area contributed by atoms with Gasteiger partial charge in [-0.3, -0.25) is 4.31 Å². The molecule has 0 saturated heterocycles. The van der Waals surface area contributed by atoms with Crippen molar-refractivity contribution < 1.29 is 8.42 Å². The van der Waals surface area contributed by atoms with Gasteiger partial charge in [0, 0.05) is 20.1 Å². The summed E-state index contributed by atoms with van der Waals surface area (Å²) in [7, 11) is -1.34. The number of benzene rings is 1. The maximum Gasteiger partial charge on any atom is 0.239 e. The number of nitrogens with zero attached hydrogens (tertiary/aromatic N) is 2. The molecular weight excluding hydrogens is 274 g/mol. The van der Waals surface area contributed by atoms with Crippen LogP contribution in [0.2, 0.25) is 0 Å². The van der Waals surface area contributed by atoms with Gasteiger partial charge in [-0.1, -0.05) is 19.1 Å². The van der Waals surface area contributed by atoms with E-state index in [1.165, 1.54) is 0 Å². The smallest absolute Gasteiger partial charge is 0.239 e. The highest BCUT2D eigenvalue weighted by Crippen LogP contribution is 2.34. The van der Waals surface area contributed by atoms with Gasteiger partial charge >= 0.3 is 0 Å². The largest absolute Gasteiger partial charge is 0.371 e. The highest BCUT2D eigenvalue weighted by atomic mass is 32.2. The van der Waals surface area contributed by atoms with Gasteiger partial charge in [0.15, 0.2) is 0 Å². The summed E-state index contributed by atoms with van der Waals surface area (Å²) in [6.45, 7) is 6.21. The summed E-state index contributed by atoms with van der Waals surface area (Å²) in [5.41, 5.74) is 1.75. The molecule has 0 radical (unpaired) electrons. The van der Waals surface area contributed by atoms with Gasteiger partial charge in [0.05, 0.1) is 23.2 Å². The molecule has 0 amide bonds. The van der Waals surface area contributed by atoms with E-state index < -0.39 is 15.3 Å². The van der Waals surface area contributed by atoms with Crippen LogP contribution >= 0.6 is 0 Å². The van der Waals surface area contributed by atoms with E-state index in [-0.39, 0.29) is 0 Å². The quantitative estimate of drug-likeness (QED) is 0.889. The van der Waals surface area contributed by atoms with Crippen molar-refractivity contribution in [2.75, 3.05) is 42.4 Å². The number of sulfonamides is 1. The topological polar surface area (TPSA) is 52.7 Å². The fraction of sp³-hybridized carbons (Fsp3) is 0.571. The molecule has 1 aliphatic heterocycles. The summed E-state index contributed by atoms with van der Waals surface area (Å²) >= 11 is 0. The molecule has 1 aliphatic rings. The summed E-state index contributed by atoms with van der Waals surface area (Å²) in [5, 5.41) is 2.68. The van der Waals surface area contributed by atoms with Crippen LogP contribution in [0.4, 0.5) is 11.4 Å². The lowest BCUT2D eigenvalue weighted by molar-refractivity contribution is 0.568. The van der Waals surface area contributed by atoms with Crippen molar-refractivity contribution >= 4 is 21.4 Å². The Balaban J connectivity index is 2.32. The third-order valence-electron chi connectivity index (χ3n) is 3.70. The molecular formula is C14H23N3O2S. The van der Waals surface area contributed by atoms with Crippen molar-refractivity contribution in [3.8, 4) is 0 Å². The molecule has 0 spiro atoms. The summed E-state index contributed by atoms with van der Waals surface area (Å²) in [6.07, 6.45) is 0. The molecule has 20 heavy (non-hydrogen) atoms. The fourth-order valence-electron chi connectivity index (χ4n) is 2.41. The van der Waals surface area contributed by atoms with Crippen molar-refractivity contribution in [3.05, 3.63) is 24.3 Å². The first-order chi connectivity index (χ1) is 9.48. The van der Waals surface area contributed by atoms with Crippen LogP contribution in [0.1, 0.15) is 13.8 Å². The number of fused-ring (bicyclic) bond motifs is 1. The maximum atomic E-state index is 12.7. The molecule has 0 fully saturated rings. The van der Waals surface area contributed by atoms with E-state index in [0.717, 1.165) is 17.9 Å². The van der Waals surface area contributed by atoms with Crippen LogP contribution in [0.3, 0.4) is 0 Å². The Bertz CT molecular complexity index is 559. The summed E-state index contributed by atoms with van der Waals surface area (Å²) < 4.78 is 27.0. The predicted octanol–water partition coefficient (Wildman–Crippen LogP) is 1.27. The van der Waals surface area contributed by atoms with Gasteiger partial charge in [0.25, 0.3) is 0 Å². The fourth-order valence-corrected chi connectivity index (χ4v) is 3.94. The predicted molar refractivity (Wildman–Crippen MR) is 84.0 cm³/mol. The van der Waals surface area contributed by atoms with Gasteiger partial charge < -0.3 is 10.2 Å². The van der Waals surface area contributed by atoms with Crippen molar-refractivity contribution in [3.63, 3.8) is 0 Å². The Morgan fingerprint density at radius 2 is 1.90 bits per heavy atom. The van der Waals surface area contributed by atoms with Crippen molar-refractivity contribution in [2.24, 2.45) is 0 Å². The Morgan fingerprint density at radius 1 is 1.25 bits per heavy atom. The van der Waals surface area contributed by atoms with Crippen LogP contribution in [-0.4, -0.2) is 46.9 Å². The molecule has 1 N–H and O–H groups in total. The molecule has 0 bridgehead atoms. The normalized spacial score (nSPS) is 16.9. The van der Waals surface area contributed by atoms with Crippen LogP contribution in [0.15, 0.2) is 24.3 Å². The van der Waals surface area contributed by atoms with E-state index in [2.05, 4.69) is 10.2 Å². The molecule has 0 saturated carbocycles. The van der Waals surface area contributed by atoms with Gasteiger partial charge in [-0.05, 0) is 25.6 Å². The first-order valence-corrected chi connectivity index (χ1v) is 8.51. The third kappa shape index (κ3) is 2.76. The number of hydrogen-bond acceptors (Lipinski definition) is 4. The number of rotatable bonds is 5.